The van der Waals surface area contributed by atoms with E-state index in [4.69, 9.17) is 0 Å². The molecule has 2 heterocycles. The van der Waals surface area contributed by atoms with Crippen molar-refractivity contribution in [1.82, 2.24) is 15.1 Å². The molecule has 9 heteroatoms. The molecule has 0 fully saturated rings. The summed E-state index contributed by atoms with van der Waals surface area (Å²) in [5, 5.41) is 11.0. The highest BCUT2D eigenvalue weighted by Gasteiger charge is 2.44. The zero-order chi connectivity index (χ0) is 18.8. The summed E-state index contributed by atoms with van der Waals surface area (Å²) in [4.78, 5) is 39.3. The van der Waals surface area contributed by atoms with Crippen molar-refractivity contribution in [1.29, 1.82) is 0 Å². The zero-order valence-corrected chi connectivity index (χ0v) is 16.2. The van der Waals surface area contributed by atoms with Gasteiger partial charge in [-0.2, -0.15) is 0 Å². The van der Waals surface area contributed by atoms with E-state index in [1.807, 2.05) is 6.92 Å². The van der Waals surface area contributed by atoms with Crippen LogP contribution in [0.2, 0.25) is 0 Å². The molecule has 1 aromatic carbocycles. The van der Waals surface area contributed by atoms with E-state index >= 15 is 0 Å². The molecule has 0 unspecified atom stereocenters. The fourth-order valence-electron chi connectivity index (χ4n) is 2.80. The normalized spacial score (nSPS) is 14.7. The number of rotatable bonds is 6. The van der Waals surface area contributed by atoms with Crippen LogP contribution in [0.25, 0.3) is 0 Å². The van der Waals surface area contributed by atoms with E-state index in [2.05, 4.69) is 15.5 Å². The number of benzene rings is 1. The third-order valence-corrected chi connectivity index (χ3v) is 5.76. The first-order valence-electron chi connectivity index (χ1n) is 8.18. The van der Waals surface area contributed by atoms with E-state index in [1.165, 1.54) is 23.1 Å². The predicted octanol–water partition coefficient (Wildman–Crippen LogP) is 2.91. The van der Waals surface area contributed by atoms with E-state index in [-0.39, 0.29) is 5.92 Å². The third kappa shape index (κ3) is 3.36. The van der Waals surface area contributed by atoms with E-state index in [0.29, 0.717) is 16.3 Å². The van der Waals surface area contributed by atoms with Crippen molar-refractivity contribution in [3.05, 3.63) is 35.4 Å². The number of imide groups is 1. The molecule has 1 N–H and O–H groups in total. The van der Waals surface area contributed by atoms with Gasteiger partial charge < -0.3 is 0 Å². The van der Waals surface area contributed by atoms with Crippen molar-refractivity contribution < 1.29 is 14.4 Å². The monoisotopic (exact) mass is 390 g/mol. The van der Waals surface area contributed by atoms with Gasteiger partial charge in [0.2, 0.25) is 11.0 Å². The van der Waals surface area contributed by atoms with Crippen molar-refractivity contribution >= 4 is 46.0 Å². The summed E-state index contributed by atoms with van der Waals surface area (Å²) >= 11 is 2.80. The Labute approximate surface area is 159 Å². The van der Waals surface area contributed by atoms with Gasteiger partial charge in [0.15, 0.2) is 4.34 Å². The molecular weight excluding hydrogens is 372 g/mol. The first-order valence-corrected chi connectivity index (χ1v) is 9.98. The van der Waals surface area contributed by atoms with Gasteiger partial charge in [-0.05, 0) is 23.8 Å². The zero-order valence-electron chi connectivity index (χ0n) is 14.6. The summed E-state index contributed by atoms with van der Waals surface area (Å²) in [5.74, 6) is -0.738. The minimum atomic E-state index is -0.923. The molecule has 0 saturated heterocycles. The Balaban J connectivity index is 1.84. The Hall–Kier alpha value is -2.26. The Morgan fingerprint density at radius 1 is 1.19 bits per heavy atom. The highest BCUT2D eigenvalue weighted by molar-refractivity contribution is 8.01. The average Bonchev–Trinajstić information content (AvgIpc) is 3.14. The third-order valence-electron chi connectivity index (χ3n) is 3.91. The van der Waals surface area contributed by atoms with Crippen LogP contribution in [0.3, 0.4) is 0 Å². The maximum Gasteiger partial charge on any atom is 0.262 e. The number of carbonyl (C=O) groups is 3. The Bertz CT molecular complexity index is 830. The quantitative estimate of drug-likeness (QED) is 0.463. The van der Waals surface area contributed by atoms with Crippen molar-refractivity contribution in [2.45, 2.75) is 31.2 Å². The Kier molecular flexibility index (Phi) is 5.38. The predicted molar refractivity (Wildman–Crippen MR) is 101 cm³/mol. The number of hydrogen-bond acceptors (Lipinski definition) is 7. The fraction of sp³-hybridized carbons (Fsp3) is 0.353. The lowest BCUT2D eigenvalue weighted by Gasteiger charge is -2.27. The summed E-state index contributed by atoms with van der Waals surface area (Å²) in [5.41, 5.74) is 0.655. The molecule has 0 spiro atoms. The number of carbonyl (C=O) groups excluding carboxylic acids is 3. The van der Waals surface area contributed by atoms with Gasteiger partial charge >= 0.3 is 0 Å². The van der Waals surface area contributed by atoms with E-state index in [9.17, 15) is 14.4 Å². The lowest BCUT2D eigenvalue weighted by molar-refractivity contribution is -0.121. The SMILES string of the molecule is CCSc1nnc(NC(=O)[C@H](C(C)C)N2C(=O)c3ccccc3C2=O)s1. The average molecular weight is 390 g/mol. The van der Waals surface area contributed by atoms with Gasteiger partial charge in [-0.15, -0.1) is 10.2 Å². The molecule has 3 amide bonds. The van der Waals surface area contributed by atoms with Crippen molar-refractivity contribution in [2.24, 2.45) is 5.92 Å². The molecule has 0 aliphatic carbocycles. The molecule has 3 rings (SSSR count). The topological polar surface area (TPSA) is 92.3 Å². The van der Waals surface area contributed by atoms with Gasteiger partial charge in [-0.25, -0.2) is 0 Å². The van der Waals surface area contributed by atoms with Gasteiger partial charge in [0.05, 0.1) is 11.1 Å². The molecule has 26 heavy (non-hydrogen) atoms. The van der Waals surface area contributed by atoms with Gasteiger partial charge in [0.1, 0.15) is 6.04 Å². The highest BCUT2D eigenvalue weighted by Crippen LogP contribution is 2.29. The number of nitrogens with one attached hydrogen (secondary N) is 1. The van der Waals surface area contributed by atoms with Crippen LogP contribution in [0.1, 0.15) is 41.5 Å². The molecule has 1 aliphatic rings. The first-order chi connectivity index (χ1) is 12.4. The fourth-order valence-corrected chi connectivity index (χ4v) is 4.45. The minimum absolute atomic E-state index is 0.255. The number of amides is 3. The molecule has 1 aromatic heterocycles. The first kappa shape index (κ1) is 18.5. The van der Waals surface area contributed by atoms with Crippen LogP contribution < -0.4 is 5.32 Å². The van der Waals surface area contributed by atoms with Crippen molar-refractivity contribution in [3.63, 3.8) is 0 Å². The van der Waals surface area contributed by atoms with Crippen LogP contribution in [-0.2, 0) is 4.79 Å². The number of thioether (sulfide) groups is 1. The summed E-state index contributed by atoms with van der Waals surface area (Å²) in [7, 11) is 0. The van der Waals surface area contributed by atoms with Crippen LogP contribution in [0.5, 0.6) is 0 Å². The van der Waals surface area contributed by atoms with Crippen molar-refractivity contribution in [3.8, 4) is 0 Å². The maximum atomic E-state index is 12.8. The summed E-state index contributed by atoms with van der Waals surface area (Å²) in [6.07, 6.45) is 0. The van der Waals surface area contributed by atoms with Gasteiger partial charge in [-0.3, -0.25) is 24.6 Å². The maximum absolute atomic E-state index is 12.8. The molecule has 2 aromatic rings. The molecule has 1 atom stereocenters. The van der Waals surface area contributed by atoms with Crippen molar-refractivity contribution in [2.75, 3.05) is 11.1 Å². The van der Waals surface area contributed by atoms with Crippen LogP contribution in [0, 0.1) is 5.92 Å². The summed E-state index contributed by atoms with van der Waals surface area (Å²) < 4.78 is 0.754. The number of fused-ring (bicyclic) bond motifs is 1. The van der Waals surface area contributed by atoms with E-state index < -0.39 is 23.8 Å². The van der Waals surface area contributed by atoms with E-state index in [0.717, 1.165) is 15.0 Å². The molecule has 0 saturated carbocycles. The second-order valence-corrected chi connectivity index (χ2v) is 8.50. The number of anilines is 1. The van der Waals surface area contributed by atoms with Crippen LogP contribution in [0.15, 0.2) is 28.6 Å². The lowest BCUT2D eigenvalue weighted by Crippen LogP contribution is -2.50. The van der Waals surface area contributed by atoms with E-state index in [1.54, 1.807) is 38.1 Å². The second kappa shape index (κ2) is 7.55. The number of aromatic nitrogens is 2. The molecule has 0 radical (unpaired) electrons. The summed E-state index contributed by atoms with van der Waals surface area (Å²) in [6.45, 7) is 5.60. The highest BCUT2D eigenvalue weighted by atomic mass is 32.2. The Morgan fingerprint density at radius 2 is 1.81 bits per heavy atom. The minimum Gasteiger partial charge on any atom is -0.299 e. The van der Waals surface area contributed by atoms with Gasteiger partial charge in [-0.1, -0.05) is 56.0 Å². The molecule has 7 nitrogen and oxygen atoms in total. The number of nitrogens with zero attached hydrogens (tertiary/aromatic N) is 3. The lowest BCUT2D eigenvalue weighted by atomic mass is 10.0. The smallest absolute Gasteiger partial charge is 0.262 e. The van der Waals surface area contributed by atoms with Crippen LogP contribution in [-0.4, -0.2) is 44.6 Å². The largest absolute Gasteiger partial charge is 0.299 e. The second-order valence-electron chi connectivity index (χ2n) is 6.01. The molecular formula is C17H18N4O3S2. The van der Waals surface area contributed by atoms with Crippen LogP contribution in [0.4, 0.5) is 5.13 Å². The molecule has 136 valence electrons. The standard InChI is InChI=1S/C17H18N4O3S2/c1-4-25-17-20-19-16(26-17)18-13(22)12(9(2)3)21-14(23)10-7-5-6-8-11(10)15(21)24/h5-9,12H,4H2,1-3H3,(H,18,19,22)/t12-/m0/s1. The molecule has 0 bridgehead atoms. The Morgan fingerprint density at radius 3 is 2.35 bits per heavy atom. The number of hydrogen-bond donors (Lipinski definition) is 1. The summed E-state index contributed by atoms with van der Waals surface area (Å²) in [6, 6.07) is 5.68. The van der Waals surface area contributed by atoms with Gasteiger partial charge in [0, 0.05) is 0 Å². The molecule has 1 aliphatic heterocycles. The van der Waals surface area contributed by atoms with Gasteiger partial charge in [0.25, 0.3) is 11.8 Å². The van der Waals surface area contributed by atoms with Crippen LogP contribution >= 0.6 is 23.1 Å².